The van der Waals surface area contributed by atoms with Crippen molar-refractivity contribution in [1.29, 1.82) is 5.26 Å². The van der Waals surface area contributed by atoms with Crippen LogP contribution < -0.4 is 5.32 Å². The Bertz CT molecular complexity index is 520. The number of nitriles is 1. The van der Waals surface area contributed by atoms with E-state index in [0.29, 0.717) is 17.5 Å². The van der Waals surface area contributed by atoms with E-state index >= 15 is 0 Å². The zero-order chi connectivity index (χ0) is 13.4. The summed E-state index contributed by atoms with van der Waals surface area (Å²) in [5.41, 5.74) is 1.16. The molecule has 1 aromatic rings. The normalized spacial score (nSPS) is 30.1. The summed E-state index contributed by atoms with van der Waals surface area (Å²) in [7, 11) is 0. The van der Waals surface area contributed by atoms with Crippen molar-refractivity contribution in [2.75, 3.05) is 5.32 Å². The first-order chi connectivity index (χ1) is 9.17. The maximum Gasteiger partial charge on any atom is 0.124 e. The molecule has 100 valence electrons. The lowest BCUT2D eigenvalue weighted by Gasteiger charge is -2.29. The van der Waals surface area contributed by atoms with Crippen LogP contribution in [0.1, 0.15) is 38.2 Å². The topological polar surface area (TPSA) is 35.8 Å². The highest BCUT2D eigenvalue weighted by Gasteiger charge is 2.41. The lowest BCUT2D eigenvalue weighted by Crippen LogP contribution is -2.30. The molecule has 1 aromatic carbocycles. The Kier molecular flexibility index (Phi) is 3.18. The van der Waals surface area contributed by atoms with Gasteiger partial charge in [-0.1, -0.05) is 6.42 Å². The van der Waals surface area contributed by atoms with Gasteiger partial charge in [0.05, 0.1) is 11.3 Å². The third-order valence-electron chi connectivity index (χ3n) is 4.92. The van der Waals surface area contributed by atoms with Crippen LogP contribution in [0.5, 0.6) is 0 Å². The minimum Gasteiger partial charge on any atom is -0.381 e. The van der Waals surface area contributed by atoms with Crippen molar-refractivity contribution >= 4 is 5.69 Å². The molecular weight excluding hydrogens is 239 g/mol. The Morgan fingerprint density at radius 3 is 2.84 bits per heavy atom. The summed E-state index contributed by atoms with van der Waals surface area (Å²) in [4.78, 5) is 0. The number of anilines is 1. The van der Waals surface area contributed by atoms with Gasteiger partial charge in [0.25, 0.3) is 0 Å². The molecule has 0 saturated heterocycles. The van der Waals surface area contributed by atoms with Gasteiger partial charge in [-0.2, -0.15) is 5.26 Å². The Labute approximate surface area is 113 Å². The van der Waals surface area contributed by atoms with E-state index in [1.807, 2.05) is 0 Å². The molecule has 2 aliphatic rings. The number of nitrogens with one attached hydrogen (secondary N) is 1. The van der Waals surface area contributed by atoms with Crippen LogP contribution in [0, 0.1) is 34.9 Å². The van der Waals surface area contributed by atoms with Crippen molar-refractivity contribution in [3.05, 3.63) is 29.6 Å². The van der Waals surface area contributed by atoms with E-state index < -0.39 is 0 Å². The number of fused-ring (bicyclic) bond motifs is 2. The van der Waals surface area contributed by atoms with Gasteiger partial charge in [0, 0.05) is 6.04 Å². The molecule has 0 radical (unpaired) electrons. The van der Waals surface area contributed by atoms with Crippen molar-refractivity contribution in [2.45, 2.75) is 38.6 Å². The summed E-state index contributed by atoms with van der Waals surface area (Å²) >= 11 is 0. The zero-order valence-corrected chi connectivity index (χ0v) is 11.2. The second-order valence-electron chi connectivity index (χ2n) is 6.07. The van der Waals surface area contributed by atoms with Crippen LogP contribution in [0.2, 0.25) is 0 Å². The lowest BCUT2D eigenvalue weighted by molar-refractivity contribution is 0.304. The molecule has 2 saturated carbocycles. The van der Waals surface area contributed by atoms with Crippen LogP contribution in [-0.4, -0.2) is 6.04 Å². The number of hydrogen-bond acceptors (Lipinski definition) is 2. The Morgan fingerprint density at radius 2 is 2.21 bits per heavy atom. The van der Waals surface area contributed by atoms with E-state index in [0.717, 1.165) is 17.5 Å². The highest BCUT2D eigenvalue weighted by molar-refractivity contribution is 5.57. The largest absolute Gasteiger partial charge is 0.381 e. The standard InChI is InChI=1S/C16H19FN2/c1-10(15-7-11-2-3-12(15)6-11)19-16-5-4-14(17)8-13(16)9-18/h4-5,8,10-12,15,19H,2-3,6-7H2,1H3. The molecule has 2 bridgehead atoms. The number of hydrogen-bond donors (Lipinski definition) is 1. The van der Waals surface area contributed by atoms with Crippen molar-refractivity contribution in [2.24, 2.45) is 17.8 Å². The zero-order valence-electron chi connectivity index (χ0n) is 11.2. The second-order valence-corrected chi connectivity index (χ2v) is 6.07. The quantitative estimate of drug-likeness (QED) is 0.891. The maximum atomic E-state index is 13.1. The van der Waals surface area contributed by atoms with Crippen molar-refractivity contribution in [3.63, 3.8) is 0 Å². The smallest absolute Gasteiger partial charge is 0.124 e. The van der Waals surface area contributed by atoms with Gasteiger partial charge in [0.1, 0.15) is 11.9 Å². The van der Waals surface area contributed by atoms with E-state index in [1.54, 1.807) is 6.07 Å². The molecule has 0 aliphatic heterocycles. The van der Waals surface area contributed by atoms with Crippen LogP contribution in [0.4, 0.5) is 10.1 Å². The van der Waals surface area contributed by atoms with Gasteiger partial charge < -0.3 is 5.32 Å². The van der Waals surface area contributed by atoms with Crippen molar-refractivity contribution < 1.29 is 4.39 Å². The third kappa shape index (κ3) is 2.32. The first-order valence-corrected chi connectivity index (χ1v) is 7.13. The van der Waals surface area contributed by atoms with E-state index in [2.05, 4.69) is 18.3 Å². The van der Waals surface area contributed by atoms with Gasteiger partial charge in [-0.25, -0.2) is 4.39 Å². The molecule has 2 aliphatic carbocycles. The minimum absolute atomic E-state index is 0.352. The number of halogens is 1. The van der Waals surface area contributed by atoms with Crippen LogP contribution in [0.25, 0.3) is 0 Å². The fraction of sp³-hybridized carbons (Fsp3) is 0.562. The molecule has 3 rings (SSSR count). The van der Waals surface area contributed by atoms with E-state index in [1.165, 1.54) is 37.8 Å². The van der Waals surface area contributed by atoms with Gasteiger partial charge >= 0.3 is 0 Å². The molecule has 4 unspecified atom stereocenters. The average Bonchev–Trinajstić information content (AvgIpc) is 3.03. The molecule has 0 heterocycles. The molecule has 0 amide bonds. The highest BCUT2D eigenvalue weighted by Crippen LogP contribution is 2.49. The van der Waals surface area contributed by atoms with Crippen LogP contribution in [0.3, 0.4) is 0 Å². The van der Waals surface area contributed by atoms with Crippen molar-refractivity contribution in [1.82, 2.24) is 0 Å². The molecular formula is C16H19FN2. The molecule has 1 N–H and O–H groups in total. The summed E-state index contributed by atoms with van der Waals surface area (Å²) in [5.74, 6) is 2.12. The Morgan fingerprint density at radius 1 is 1.37 bits per heavy atom. The summed E-state index contributed by atoms with van der Waals surface area (Å²) in [6, 6.07) is 6.81. The fourth-order valence-electron chi connectivity index (χ4n) is 3.99. The van der Waals surface area contributed by atoms with Crippen LogP contribution >= 0.6 is 0 Å². The summed E-state index contributed by atoms with van der Waals surface area (Å²) < 4.78 is 13.1. The van der Waals surface area contributed by atoms with Gasteiger partial charge in [0.15, 0.2) is 0 Å². The van der Waals surface area contributed by atoms with E-state index in [-0.39, 0.29) is 5.82 Å². The Hall–Kier alpha value is -1.56. The summed E-state index contributed by atoms with van der Waals surface area (Å²) in [5, 5.41) is 12.5. The fourth-order valence-corrected chi connectivity index (χ4v) is 3.99. The first kappa shape index (κ1) is 12.5. The van der Waals surface area contributed by atoms with Gasteiger partial charge in [-0.15, -0.1) is 0 Å². The van der Waals surface area contributed by atoms with Gasteiger partial charge in [0.2, 0.25) is 0 Å². The minimum atomic E-state index is -0.352. The van der Waals surface area contributed by atoms with Crippen molar-refractivity contribution in [3.8, 4) is 6.07 Å². The maximum absolute atomic E-state index is 13.1. The molecule has 2 fully saturated rings. The second kappa shape index (κ2) is 4.85. The SMILES string of the molecule is CC(Nc1ccc(F)cc1C#N)C1CC2CCC1C2. The van der Waals surface area contributed by atoms with Gasteiger partial charge in [-0.05, 0) is 62.1 Å². The molecule has 0 aromatic heterocycles. The van der Waals surface area contributed by atoms with Crippen LogP contribution in [0.15, 0.2) is 18.2 Å². The predicted octanol–water partition coefficient (Wildman–Crippen LogP) is 3.93. The Balaban J connectivity index is 1.73. The van der Waals surface area contributed by atoms with Crippen LogP contribution in [-0.2, 0) is 0 Å². The molecule has 3 heteroatoms. The van der Waals surface area contributed by atoms with E-state index in [4.69, 9.17) is 5.26 Å². The third-order valence-corrected chi connectivity index (χ3v) is 4.92. The lowest BCUT2D eigenvalue weighted by atomic mass is 9.84. The van der Waals surface area contributed by atoms with E-state index in [9.17, 15) is 4.39 Å². The monoisotopic (exact) mass is 258 g/mol. The number of rotatable bonds is 3. The number of benzene rings is 1. The molecule has 0 spiro atoms. The molecule has 4 atom stereocenters. The summed E-state index contributed by atoms with van der Waals surface area (Å²) in [6.07, 6.45) is 5.44. The number of nitrogens with zero attached hydrogens (tertiary/aromatic N) is 1. The highest BCUT2D eigenvalue weighted by atomic mass is 19.1. The predicted molar refractivity (Wildman–Crippen MR) is 73.1 cm³/mol. The summed E-state index contributed by atoms with van der Waals surface area (Å²) in [6.45, 7) is 2.19. The average molecular weight is 258 g/mol. The first-order valence-electron chi connectivity index (χ1n) is 7.13. The van der Waals surface area contributed by atoms with Gasteiger partial charge in [-0.3, -0.25) is 0 Å². The molecule has 19 heavy (non-hydrogen) atoms. The molecule has 2 nitrogen and oxygen atoms in total.